The van der Waals surface area contributed by atoms with E-state index in [1.165, 1.54) is 17.0 Å². The first kappa shape index (κ1) is 10.4. The summed E-state index contributed by atoms with van der Waals surface area (Å²) in [6.45, 7) is 1.93. The minimum atomic E-state index is 0.806. The molecule has 0 spiro atoms. The second kappa shape index (κ2) is 4.22. The highest BCUT2D eigenvalue weighted by Gasteiger charge is 2.13. The predicted molar refractivity (Wildman–Crippen MR) is 67.7 cm³/mol. The van der Waals surface area contributed by atoms with Crippen LogP contribution in [-0.4, -0.2) is 16.5 Å². The molecule has 1 aromatic heterocycles. The molecule has 0 atom stereocenters. The van der Waals surface area contributed by atoms with E-state index in [4.69, 9.17) is 5.73 Å². The number of hydrogen-bond donors (Lipinski definition) is 3. The lowest BCUT2D eigenvalue weighted by Gasteiger charge is -2.09. The Morgan fingerprint density at radius 3 is 3.12 bits per heavy atom. The fourth-order valence-electron chi connectivity index (χ4n) is 2.26. The van der Waals surface area contributed by atoms with Crippen molar-refractivity contribution in [2.75, 3.05) is 12.3 Å². The van der Waals surface area contributed by atoms with Crippen molar-refractivity contribution in [2.45, 2.75) is 19.4 Å². The van der Waals surface area contributed by atoms with E-state index >= 15 is 0 Å². The largest absolute Gasteiger partial charge is 0.399 e. The van der Waals surface area contributed by atoms with Gasteiger partial charge in [-0.1, -0.05) is 12.1 Å². The maximum atomic E-state index is 5.77. The Morgan fingerprint density at radius 1 is 1.35 bits per heavy atom. The number of rotatable bonds is 2. The van der Waals surface area contributed by atoms with E-state index in [0.717, 1.165) is 37.4 Å². The topological polar surface area (TPSA) is 66.7 Å². The van der Waals surface area contributed by atoms with Crippen LogP contribution in [0.15, 0.2) is 24.3 Å². The third-order valence-corrected chi connectivity index (χ3v) is 3.08. The van der Waals surface area contributed by atoms with Gasteiger partial charge in [0, 0.05) is 31.6 Å². The van der Waals surface area contributed by atoms with Crippen LogP contribution in [0.25, 0.3) is 0 Å². The summed E-state index contributed by atoms with van der Waals surface area (Å²) in [5.74, 6) is 1.03. The number of H-pyrrole nitrogens is 1. The number of fused-ring (bicyclic) bond motifs is 1. The molecule has 0 bridgehead atoms. The molecule has 17 heavy (non-hydrogen) atoms. The highest BCUT2D eigenvalue weighted by molar-refractivity contribution is 5.41. The summed E-state index contributed by atoms with van der Waals surface area (Å²) in [4.78, 5) is 8.03. The zero-order chi connectivity index (χ0) is 11.7. The van der Waals surface area contributed by atoms with Crippen LogP contribution in [-0.2, 0) is 19.4 Å². The summed E-state index contributed by atoms with van der Waals surface area (Å²) >= 11 is 0. The van der Waals surface area contributed by atoms with Gasteiger partial charge >= 0.3 is 0 Å². The number of anilines is 1. The van der Waals surface area contributed by atoms with Crippen LogP contribution in [0, 0.1) is 0 Å². The number of nitrogens with zero attached hydrogens (tertiary/aromatic N) is 1. The quantitative estimate of drug-likeness (QED) is 0.677. The fraction of sp³-hybridized carbons (Fsp3) is 0.308. The molecule has 2 heterocycles. The number of benzene rings is 1. The molecular formula is C13H16N4. The van der Waals surface area contributed by atoms with Gasteiger partial charge in [-0.2, -0.15) is 0 Å². The van der Waals surface area contributed by atoms with Crippen LogP contribution in [0.3, 0.4) is 0 Å². The van der Waals surface area contributed by atoms with Crippen molar-refractivity contribution in [3.63, 3.8) is 0 Å². The van der Waals surface area contributed by atoms with Crippen LogP contribution in [0.4, 0.5) is 5.69 Å². The van der Waals surface area contributed by atoms with Crippen molar-refractivity contribution in [1.29, 1.82) is 0 Å². The van der Waals surface area contributed by atoms with Crippen molar-refractivity contribution in [1.82, 2.24) is 15.3 Å². The Kier molecular flexibility index (Phi) is 2.57. The SMILES string of the molecule is Nc1cccc(Cc2nc3c([nH]2)CNCC3)c1. The molecule has 4 N–H and O–H groups in total. The number of hydrogen-bond acceptors (Lipinski definition) is 3. The average molecular weight is 228 g/mol. The van der Waals surface area contributed by atoms with Crippen molar-refractivity contribution in [3.8, 4) is 0 Å². The summed E-state index contributed by atoms with van der Waals surface area (Å²) in [6.07, 6.45) is 1.83. The smallest absolute Gasteiger partial charge is 0.111 e. The third kappa shape index (κ3) is 2.17. The molecule has 0 aliphatic carbocycles. The van der Waals surface area contributed by atoms with Crippen LogP contribution in [0.2, 0.25) is 0 Å². The van der Waals surface area contributed by atoms with Crippen LogP contribution in [0.1, 0.15) is 22.8 Å². The monoisotopic (exact) mass is 228 g/mol. The van der Waals surface area contributed by atoms with Crippen molar-refractivity contribution in [2.24, 2.45) is 0 Å². The summed E-state index contributed by atoms with van der Waals surface area (Å²) in [5, 5.41) is 3.34. The Morgan fingerprint density at radius 2 is 2.29 bits per heavy atom. The van der Waals surface area contributed by atoms with Gasteiger partial charge in [0.15, 0.2) is 0 Å². The lowest BCUT2D eigenvalue weighted by Crippen LogP contribution is -2.23. The van der Waals surface area contributed by atoms with Gasteiger partial charge in [-0.05, 0) is 17.7 Å². The summed E-state index contributed by atoms with van der Waals surface area (Å²) in [6, 6.07) is 7.96. The molecule has 3 rings (SSSR count). The molecule has 2 aromatic rings. The van der Waals surface area contributed by atoms with Crippen molar-refractivity contribution < 1.29 is 0 Å². The van der Waals surface area contributed by atoms with E-state index in [1.54, 1.807) is 0 Å². The zero-order valence-electron chi connectivity index (χ0n) is 9.66. The van der Waals surface area contributed by atoms with Gasteiger partial charge in [-0.3, -0.25) is 0 Å². The van der Waals surface area contributed by atoms with Gasteiger partial charge in [-0.15, -0.1) is 0 Å². The number of nitrogens with two attached hydrogens (primary N) is 1. The molecule has 0 amide bonds. The minimum Gasteiger partial charge on any atom is -0.399 e. The number of aromatic nitrogens is 2. The van der Waals surface area contributed by atoms with Gasteiger partial charge in [0.1, 0.15) is 5.82 Å². The summed E-state index contributed by atoms with van der Waals surface area (Å²) in [7, 11) is 0. The Bertz CT molecular complexity index is 506. The molecular weight excluding hydrogens is 212 g/mol. The second-order valence-corrected chi connectivity index (χ2v) is 4.46. The van der Waals surface area contributed by atoms with E-state index in [2.05, 4.69) is 21.4 Å². The maximum Gasteiger partial charge on any atom is 0.111 e. The van der Waals surface area contributed by atoms with E-state index in [9.17, 15) is 0 Å². The number of imidazole rings is 1. The van der Waals surface area contributed by atoms with Crippen LogP contribution in [0.5, 0.6) is 0 Å². The molecule has 1 aliphatic heterocycles. The van der Waals surface area contributed by atoms with E-state index in [0.29, 0.717) is 0 Å². The van der Waals surface area contributed by atoms with Crippen LogP contribution < -0.4 is 11.1 Å². The number of aromatic amines is 1. The molecule has 0 saturated carbocycles. The molecule has 88 valence electrons. The highest BCUT2D eigenvalue weighted by atomic mass is 15.0. The molecule has 0 saturated heterocycles. The van der Waals surface area contributed by atoms with Gasteiger partial charge in [0.2, 0.25) is 0 Å². The first-order chi connectivity index (χ1) is 8.31. The number of nitrogen functional groups attached to an aromatic ring is 1. The standard InChI is InChI=1S/C13H16N4/c14-10-3-1-2-9(6-10)7-13-16-11-4-5-15-8-12(11)17-13/h1-3,6,15H,4-5,7-8,14H2,(H,16,17). The van der Waals surface area contributed by atoms with Gasteiger partial charge < -0.3 is 16.0 Å². The number of nitrogens with one attached hydrogen (secondary N) is 2. The van der Waals surface area contributed by atoms with Gasteiger partial charge in [0.25, 0.3) is 0 Å². The van der Waals surface area contributed by atoms with Gasteiger partial charge in [-0.25, -0.2) is 4.98 Å². The average Bonchev–Trinajstić information content (AvgIpc) is 2.71. The lowest BCUT2D eigenvalue weighted by molar-refractivity contribution is 0.627. The normalized spacial score (nSPS) is 14.6. The predicted octanol–water partition coefficient (Wildman–Crippen LogP) is 1.23. The molecule has 4 nitrogen and oxygen atoms in total. The fourth-order valence-corrected chi connectivity index (χ4v) is 2.26. The molecule has 0 radical (unpaired) electrons. The molecule has 1 aliphatic rings. The van der Waals surface area contributed by atoms with E-state index in [1.807, 2.05) is 18.2 Å². The van der Waals surface area contributed by atoms with Crippen molar-refractivity contribution >= 4 is 5.69 Å². The molecule has 0 fully saturated rings. The summed E-state index contributed by atoms with van der Waals surface area (Å²) in [5.41, 5.74) is 10.2. The van der Waals surface area contributed by atoms with Gasteiger partial charge in [0.05, 0.1) is 11.4 Å². The zero-order valence-corrected chi connectivity index (χ0v) is 9.66. The van der Waals surface area contributed by atoms with E-state index < -0.39 is 0 Å². The first-order valence-corrected chi connectivity index (χ1v) is 5.93. The lowest BCUT2D eigenvalue weighted by atomic mass is 10.1. The molecule has 1 aromatic carbocycles. The first-order valence-electron chi connectivity index (χ1n) is 5.93. The second-order valence-electron chi connectivity index (χ2n) is 4.46. The highest BCUT2D eigenvalue weighted by Crippen LogP contribution is 2.15. The summed E-state index contributed by atoms with van der Waals surface area (Å²) < 4.78 is 0. The Labute approximate surface area is 100 Å². The minimum absolute atomic E-state index is 0.806. The molecule has 0 unspecified atom stereocenters. The Hall–Kier alpha value is -1.81. The van der Waals surface area contributed by atoms with E-state index in [-0.39, 0.29) is 0 Å². The maximum absolute atomic E-state index is 5.77. The third-order valence-electron chi connectivity index (χ3n) is 3.08. The van der Waals surface area contributed by atoms with Crippen LogP contribution >= 0.6 is 0 Å². The molecule has 4 heteroatoms. The van der Waals surface area contributed by atoms with Crippen molar-refractivity contribution in [3.05, 3.63) is 47.0 Å². The Balaban J connectivity index is 1.83.